The maximum atomic E-state index is 12.9. The molecule has 0 aromatic heterocycles. The SMILES string of the molecule is CC(C=CC1=C2N(CC(O)CS(=O)(=O)O)c3ccc(S(=O)(=O)O)cc3C2(C)CC1)=CC=C1CCC2(C)C1=[N+](CC(=O)CS(=O)(=O)O)c1ccc(SOO)cc12. The third-order valence-electron chi connectivity index (χ3n) is 10.7. The molecule has 0 saturated heterocycles. The van der Waals surface area contributed by atoms with Gasteiger partial charge in [-0.1, -0.05) is 29.9 Å². The maximum absolute atomic E-state index is 12.9. The second-order valence-electron chi connectivity index (χ2n) is 14.7. The van der Waals surface area contributed by atoms with Crippen molar-refractivity contribution in [2.24, 2.45) is 0 Å². The number of aliphatic hydroxyl groups excluding tert-OH is 1. The zero-order valence-corrected chi connectivity index (χ0v) is 33.3. The van der Waals surface area contributed by atoms with E-state index in [2.05, 4.69) is 4.33 Å². The highest BCUT2D eigenvalue weighted by atomic mass is 32.2. The molecule has 6 rings (SSSR count). The Morgan fingerprint density at radius 3 is 2.35 bits per heavy atom. The molecule has 296 valence electrons. The molecule has 0 bridgehead atoms. The first-order valence-corrected chi connectivity index (χ1v) is 22.5. The van der Waals surface area contributed by atoms with Crippen LogP contribution in [0.5, 0.6) is 0 Å². The standard InChI is InChI=1S/C36H40N2O13S4/c1-22(4-6-23-12-14-35(2)29-16-27(52-51-41)8-10-31(29)37(33(23)35)18-25(39)20-53(42,43)44)5-7-24-13-15-36(3)30-17-28(55(48,49)50)9-11-32(30)38(34(24)36)19-26(40)21-54(45,46)47/h4-11,16-17,26,40H,12-15,18-21H2,1-3H3,(H3-,41,42,43,44,45,46,47,48,49,50)/p+1. The molecular weight excluding hydrogens is 797 g/mol. The molecule has 55 heavy (non-hydrogen) atoms. The number of carbonyl (C=O) groups excluding carboxylic acids is 1. The van der Waals surface area contributed by atoms with Crippen LogP contribution >= 0.6 is 12.0 Å². The highest BCUT2D eigenvalue weighted by molar-refractivity contribution is 7.94. The smallest absolute Gasteiger partial charge is 0.294 e. The number of Topliss-reactive ketones (excluding diaryl/α,β-unsaturated/α-hetero) is 1. The fourth-order valence-corrected chi connectivity index (χ4v) is 10.4. The number of benzene rings is 2. The first-order valence-electron chi connectivity index (χ1n) is 17.1. The third kappa shape index (κ3) is 8.32. The average molecular weight is 838 g/mol. The zero-order valence-electron chi connectivity index (χ0n) is 30.0. The van der Waals surface area contributed by atoms with Crippen LogP contribution in [0.2, 0.25) is 0 Å². The van der Waals surface area contributed by atoms with Gasteiger partial charge in [-0.05, 0) is 87.9 Å². The fourth-order valence-electron chi connectivity index (χ4n) is 8.43. The highest BCUT2D eigenvalue weighted by Gasteiger charge is 2.54. The highest BCUT2D eigenvalue weighted by Crippen LogP contribution is 2.57. The quantitative estimate of drug-likeness (QED) is 0.0439. The van der Waals surface area contributed by atoms with E-state index in [1.165, 1.54) is 18.2 Å². The summed E-state index contributed by atoms with van der Waals surface area (Å²) in [4.78, 5) is 14.9. The summed E-state index contributed by atoms with van der Waals surface area (Å²) in [5.74, 6) is -2.62. The number of nitrogens with zero attached hydrogens (tertiary/aromatic N) is 2. The number of aliphatic hydroxyl groups is 1. The number of hydrogen-bond donors (Lipinski definition) is 5. The minimum Gasteiger partial charge on any atom is -0.390 e. The lowest BCUT2D eigenvalue weighted by molar-refractivity contribution is -0.424. The number of rotatable bonds is 14. The molecule has 4 aliphatic rings. The van der Waals surface area contributed by atoms with Crippen LogP contribution in [0.1, 0.15) is 57.6 Å². The van der Waals surface area contributed by atoms with Crippen molar-refractivity contribution in [3.8, 4) is 0 Å². The summed E-state index contributed by atoms with van der Waals surface area (Å²) in [7, 11) is -13.6. The average Bonchev–Trinajstić information content (AvgIpc) is 3.72. The second-order valence-corrected chi connectivity index (χ2v) is 19.8. The van der Waals surface area contributed by atoms with Gasteiger partial charge in [0.1, 0.15) is 11.5 Å². The summed E-state index contributed by atoms with van der Waals surface area (Å²) in [6.07, 6.45) is 8.57. The number of fused-ring (bicyclic) bond motifs is 6. The van der Waals surface area contributed by atoms with E-state index in [1.807, 2.05) is 51.1 Å². The predicted molar refractivity (Wildman–Crippen MR) is 204 cm³/mol. The molecule has 2 aliphatic carbocycles. The van der Waals surface area contributed by atoms with Crippen LogP contribution in [-0.4, -0.2) is 96.0 Å². The van der Waals surface area contributed by atoms with E-state index >= 15 is 0 Å². The normalized spacial score (nSPS) is 23.9. The van der Waals surface area contributed by atoms with Crippen LogP contribution in [0.25, 0.3) is 0 Å². The maximum Gasteiger partial charge on any atom is 0.294 e. The van der Waals surface area contributed by atoms with Crippen molar-refractivity contribution in [2.45, 2.75) is 73.2 Å². The lowest BCUT2D eigenvalue weighted by Gasteiger charge is -2.28. The fraction of sp³-hybridized carbons (Fsp3) is 0.389. The van der Waals surface area contributed by atoms with Gasteiger partial charge in [0.2, 0.25) is 18.0 Å². The van der Waals surface area contributed by atoms with Gasteiger partial charge in [-0.2, -0.15) is 34.2 Å². The predicted octanol–water partition coefficient (Wildman–Crippen LogP) is 4.54. The van der Waals surface area contributed by atoms with Crippen LogP contribution in [0.3, 0.4) is 0 Å². The largest absolute Gasteiger partial charge is 0.390 e. The lowest BCUT2D eigenvalue weighted by Crippen LogP contribution is -2.36. The number of anilines is 1. The zero-order chi connectivity index (χ0) is 40.3. The molecule has 0 radical (unpaired) electrons. The number of ketones is 1. The Kier molecular flexibility index (Phi) is 11.1. The van der Waals surface area contributed by atoms with E-state index in [4.69, 9.17) is 5.26 Å². The number of allylic oxidation sites excluding steroid dienone is 8. The summed E-state index contributed by atoms with van der Waals surface area (Å²) >= 11 is 0.765. The Hall–Kier alpha value is -3.50. The molecule has 1 fully saturated rings. The van der Waals surface area contributed by atoms with Crippen molar-refractivity contribution >= 4 is 65.3 Å². The van der Waals surface area contributed by atoms with Crippen molar-refractivity contribution in [3.63, 3.8) is 0 Å². The molecule has 3 atom stereocenters. The molecule has 5 N–H and O–H groups in total. The molecule has 2 aromatic carbocycles. The third-order valence-corrected chi connectivity index (χ3v) is 13.6. The van der Waals surface area contributed by atoms with Gasteiger partial charge in [0, 0.05) is 45.4 Å². The van der Waals surface area contributed by atoms with E-state index in [0.717, 1.165) is 45.7 Å². The van der Waals surface area contributed by atoms with Gasteiger partial charge in [-0.15, -0.1) is 0 Å². The Morgan fingerprint density at radius 2 is 1.69 bits per heavy atom. The van der Waals surface area contributed by atoms with Crippen molar-refractivity contribution in [2.75, 3.05) is 29.5 Å². The van der Waals surface area contributed by atoms with Crippen LogP contribution in [0.4, 0.5) is 11.4 Å². The Bertz CT molecular complexity index is 2470. The number of β-amino-alcohol motifs (C(OH)–C–C–N with tert-alkyl or cyclic N) is 1. The lowest BCUT2D eigenvalue weighted by atomic mass is 9.81. The molecular formula is C36H41N2O13S4+. The molecule has 0 spiro atoms. The first kappa shape index (κ1) is 41.1. The minimum absolute atomic E-state index is 0.211. The van der Waals surface area contributed by atoms with Crippen molar-refractivity contribution in [3.05, 3.63) is 94.2 Å². The van der Waals surface area contributed by atoms with Crippen LogP contribution < -0.4 is 4.90 Å². The van der Waals surface area contributed by atoms with Gasteiger partial charge in [-0.25, -0.2) is 5.26 Å². The van der Waals surface area contributed by atoms with Gasteiger partial charge < -0.3 is 10.0 Å². The molecule has 2 aliphatic heterocycles. The van der Waals surface area contributed by atoms with E-state index in [9.17, 15) is 48.8 Å². The monoisotopic (exact) mass is 837 g/mol. The summed E-state index contributed by atoms with van der Waals surface area (Å²) < 4.78 is 105. The van der Waals surface area contributed by atoms with Gasteiger partial charge >= 0.3 is 0 Å². The summed E-state index contributed by atoms with van der Waals surface area (Å²) in [6, 6.07) is 9.46. The van der Waals surface area contributed by atoms with Crippen molar-refractivity contribution in [1.82, 2.24) is 0 Å². The van der Waals surface area contributed by atoms with Gasteiger partial charge in [0.15, 0.2) is 5.71 Å². The minimum atomic E-state index is -4.54. The van der Waals surface area contributed by atoms with Crippen LogP contribution in [0, 0.1) is 0 Å². The van der Waals surface area contributed by atoms with Crippen LogP contribution in [0.15, 0.2) is 92.9 Å². The molecule has 0 amide bonds. The first-order chi connectivity index (χ1) is 25.5. The van der Waals surface area contributed by atoms with Gasteiger partial charge in [-0.3, -0.25) is 18.5 Å². The van der Waals surface area contributed by atoms with E-state index in [1.54, 1.807) is 21.6 Å². The number of hydrogen-bond acceptors (Lipinski definition) is 12. The van der Waals surface area contributed by atoms with Gasteiger partial charge in [0.25, 0.3) is 30.4 Å². The van der Waals surface area contributed by atoms with Crippen LogP contribution in [-0.2, 0) is 50.3 Å². The number of carbonyl (C=O) groups is 1. The Morgan fingerprint density at radius 1 is 0.982 bits per heavy atom. The topological polar surface area (TPSA) is 236 Å². The molecule has 19 heteroatoms. The van der Waals surface area contributed by atoms with Crippen molar-refractivity contribution < 1.29 is 63.0 Å². The molecule has 2 heterocycles. The summed E-state index contributed by atoms with van der Waals surface area (Å²) in [6.45, 7) is 5.33. The summed E-state index contributed by atoms with van der Waals surface area (Å²) in [5.41, 5.74) is 5.53. The summed E-state index contributed by atoms with van der Waals surface area (Å²) in [5, 5.41) is 19.7. The van der Waals surface area contributed by atoms with E-state index < -0.39 is 64.6 Å². The van der Waals surface area contributed by atoms with Crippen molar-refractivity contribution in [1.29, 1.82) is 0 Å². The second kappa shape index (κ2) is 14.8. The van der Waals surface area contributed by atoms with E-state index in [-0.39, 0.29) is 18.0 Å². The molecule has 2 aromatic rings. The van der Waals surface area contributed by atoms with E-state index in [0.29, 0.717) is 47.5 Å². The van der Waals surface area contributed by atoms with Gasteiger partial charge in [0.05, 0.1) is 28.5 Å². The molecule has 3 unspecified atom stereocenters. The Labute approximate surface area is 323 Å². The molecule has 15 nitrogen and oxygen atoms in total. The molecule has 1 saturated carbocycles. The Balaban J connectivity index is 1.36.